The Morgan fingerprint density at radius 3 is 1.73 bits per heavy atom. The van der Waals surface area contributed by atoms with Crippen molar-refractivity contribution in [3.05, 3.63) is 0 Å². The molecule has 2 nitrogen and oxygen atoms in total. The van der Waals surface area contributed by atoms with Crippen LogP contribution >= 0.6 is 11.6 Å². The van der Waals surface area contributed by atoms with Crippen LogP contribution in [0.1, 0.15) is 103 Å². The van der Waals surface area contributed by atoms with Gasteiger partial charge in [-0.2, -0.15) is 0 Å². The molecule has 132 valence electrons. The highest BCUT2D eigenvalue weighted by atomic mass is 35.5. The Labute approximate surface area is 143 Å². The zero-order valence-corrected chi connectivity index (χ0v) is 15.4. The fraction of sp³-hybridized carbons (Fsp3) is 0.947. The molecule has 0 aromatic heterocycles. The molecule has 0 radical (unpaired) electrons. The van der Waals surface area contributed by atoms with Crippen molar-refractivity contribution in [3.63, 3.8) is 0 Å². The molecule has 1 unspecified atom stereocenters. The normalized spacial score (nSPS) is 12.5. The first kappa shape index (κ1) is 21.8. The number of hydrogen-bond donors (Lipinski definition) is 1. The minimum atomic E-state index is -0.673. The zero-order valence-electron chi connectivity index (χ0n) is 14.6. The second-order valence-corrected chi connectivity index (χ2v) is 6.94. The van der Waals surface area contributed by atoms with E-state index in [1.165, 1.54) is 70.6 Å². The van der Waals surface area contributed by atoms with Crippen molar-refractivity contribution in [2.24, 2.45) is 5.92 Å². The number of alkyl halides is 1. The predicted octanol–water partition coefficient (Wildman–Crippen LogP) is 6.80. The summed E-state index contributed by atoms with van der Waals surface area (Å²) in [6, 6.07) is 0. The standard InChI is InChI=1S/C19H37ClO2/c1-2-3-4-5-6-7-8-11-14-18(17-20)15-12-9-10-13-16-19(21)22/h18H,2-17H2,1H3,(H,21,22). The smallest absolute Gasteiger partial charge is 0.303 e. The molecular formula is C19H37ClO2. The van der Waals surface area contributed by atoms with Crippen LogP contribution in [0.3, 0.4) is 0 Å². The van der Waals surface area contributed by atoms with Gasteiger partial charge in [0.1, 0.15) is 0 Å². The van der Waals surface area contributed by atoms with Crippen LogP contribution in [0.15, 0.2) is 0 Å². The fourth-order valence-electron chi connectivity index (χ4n) is 2.93. The first-order chi connectivity index (χ1) is 10.7. The molecule has 0 aliphatic carbocycles. The summed E-state index contributed by atoms with van der Waals surface area (Å²) >= 11 is 6.07. The molecule has 0 saturated heterocycles. The molecule has 3 heteroatoms. The van der Waals surface area contributed by atoms with Crippen molar-refractivity contribution >= 4 is 17.6 Å². The third kappa shape index (κ3) is 16.1. The summed E-state index contributed by atoms with van der Waals surface area (Å²) in [4.78, 5) is 10.4. The molecule has 0 fully saturated rings. The van der Waals surface area contributed by atoms with E-state index in [9.17, 15) is 4.79 Å². The van der Waals surface area contributed by atoms with Gasteiger partial charge < -0.3 is 5.11 Å². The lowest BCUT2D eigenvalue weighted by molar-refractivity contribution is -0.137. The number of unbranched alkanes of at least 4 members (excludes halogenated alkanes) is 10. The molecule has 0 aliphatic rings. The van der Waals surface area contributed by atoms with Gasteiger partial charge in [-0.05, 0) is 25.2 Å². The van der Waals surface area contributed by atoms with E-state index in [1.54, 1.807) is 0 Å². The minimum absolute atomic E-state index is 0.317. The molecule has 1 atom stereocenters. The molecule has 0 aromatic rings. The second-order valence-electron chi connectivity index (χ2n) is 6.63. The number of rotatable bonds is 17. The monoisotopic (exact) mass is 332 g/mol. The van der Waals surface area contributed by atoms with Crippen molar-refractivity contribution in [2.45, 2.75) is 103 Å². The maximum Gasteiger partial charge on any atom is 0.303 e. The number of aliphatic carboxylic acids is 1. The van der Waals surface area contributed by atoms with Gasteiger partial charge in [0.2, 0.25) is 0 Å². The maximum atomic E-state index is 10.4. The van der Waals surface area contributed by atoms with Crippen LogP contribution in [-0.2, 0) is 4.79 Å². The van der Waals surface area contributed by atoms with Gasteiger partial charge in [0, 0.05) is 12.3 Å². The average molecular weight is 333 g/mol. The van der Waals surface area contributed by atoms with Gasteiger partial charge in [-0.3, -0.25) is 4.79 Å². The van der Waals surface area contributed by atoms with Gasteiger partial charge in [0.15, 0.2) is 0 Å². The molecule has 0 amide bonds. The molecule has 0 heterocycles. The number of halogens is 1. The summed E-state index contributed by atoms with van der Waals surface area (Å²) in [7, 11) is 0. The lowest BCUT2D eigenvalue weighted by Crippen LogP contribution is -2.02. The zero-order chi connectivity index (χ0) is 16.5. The highest BCUT2D eigenvalue weighted by Crippen LogP contribution is 2.20. The van der Waals surface area contributed by atoms with E-state index in [-0.39, 0.29) is 0 Å². The summed E-state index contributed by atoms with van der Waals surface area (Å²) in [5.41, 5.74) is 0. The first-order valence-electron chi connectivity index (χ1n) is 9.48. The van der Waals surface area contributed by atoms with Crippen LogP contribution in [0, 0.1) is 5.92 Å². The van der Waals surface area contributed by atoms with E-state index < -0.39 is 5.97 Å². The predicted molar refractivity (Wildman–Crippen MR) is 96.8 cm³/mol. The van der Waals surface area contributed by atoms with E-state index >= 15 is 0 Å². The van der Waals surface area contributed by atoms with E-state index in [1.807, 2.05) is 0 Å². The Hall–Kier alpha value is -0.240. The van der Waals surface area contributed by atoms with Crippen LogP contribution in [0.25, 0.3) is 0 Å². The second kappa shape index (κ2) is 17.1. The molecular weight excluding hydrogens is 296 g/mol. The van der Waals surface area contributed by atoms with Gasteiger partial charge in [0.25, 0.3) is 0 Å². The Kier molecular flexibility index (Phi) is 16.9. The third-order valence-corrected chi connectivity index (χ3v) is 4.87. The summed E-state index contributed by atoms with van der Waals surface area (Å²) in [5.74, 6) is 0.778. The quantitative estimate of drug-likeness (QED) is 0.235. The Morgan fingerprint density at radius 2 is 1.27 bits per heavy atom. The number of carboxylic acid groups (broad SMARTS) is 1. The van der Waals surface area contributed by atoms with Gasteiger partial charge in [-0.25, -0.2) is 0 Å². The first-order valence-corrected chi connectivity index (χ1v) is 10.0. The largest absolute Gasteiger partial charge is 0.481 e. The summed E-state index contributed by atoms with van der Waals surface area (Å²) in [5, 5.41) is 8.58. The maximum absolute atomic E-state index is 10.4. The lowest BCUT2D eigenvalue weighted by atomic mass is 9.95. The molecule has 0 rings (SSSR count). The Bertz CT molecular complexity index is 244. The van der Waals surface area contributed by atoms with Crippen molar-refractivity contribution in [2.75, 3.05) is 5.88 Å². The van der Waals surface area contributed by atoms with Gasteiger partial charge >= 0.3 is 5.97 Å². The van der Waals surface area contributed by atoms with E-state index in [0.717, 1.165) is 25.1 Å². The topological polar surface area (TPSA) is 37.3 Å². The highest BCUT2D eigenvalue weighted by molar-refractivity contribution is 6.18. The molecule has 0 saturated carbocycles. The molecule has 0 spiro atoms. The van der Waals surface area contributed by atoms with Gasteiger partial charge in [-0.1, -0.05) is 77.6 Å². The lowest BCUT2D eigenvalue weighted by Gasteiger charge is -2.13. The SMILES string of the molecule is CCCCCCCCCCC(CCl)CCCCCCC(=O)O. The molecule has 22 heavy (non-hydrogen) atoms. The van der Waals surface area contributed by atoms with Crippen LogP contribution in [0.4, 0.5) is 0 Å². The minimum Gasteiger partial charge on any atom is -0.481 e. The summed E-state index contributed by atoms with van der Waals surface area (Å²) < 4.78 is 0. The molecule has 0 aliphatic heterocycles. The van der Waals surface area contributed by atoms with E-state index in [0.29, 0.717) is 12.3 Å². The van der Waals surface area contributed by atoms with Crippen LogP contribution in [0.2, 0.25) is 0 Å². The van der Waals surface area contributed by atoms with E-state index in [2.05, 4.69) is 6.92 Å². The molecule has 0 aromatic carbocycles. The van der Waals surface area contributed by atoms with Crippen LogP contribution < -0.4 is 0 Å². The van der Waals surface area contributed by atoms with Gasteiger partial charge in [-0.15, -0.1) is 11.6 Å². The highest BCUT2D eigenvalue weighted by Gasteiger charge is 2.07. The average Bonchev–Trinajstić information content (AvgIpc) is 2.50. The Balaban J connectivity index is 3.34. The van der Waals surface area contributed by atoms with E-state index in [4.69, 9.17) is 16.7 Å². The number of carboxylic acids is 1. The number of hydrogen-bond acceptors (Lipinski definition) is 1. The van der Waals surface area contributed by atoms with Crippen molar-refractivity contribution in [1.29, 1.82) is 0 Å². The number of carbonyl (C=O) groups is 1. The van der Waals surface area contributed by atoms with Crippen molar-refractivity contribution in [1.82, 2.24) is 0 Å². The van der Waals surface area contributed by atoms with Crippen LogP contribution in [-0.4, -0.2) is 17.0 Å². The van der Waals surface area contributed by atoms with Crippen LogP contribution in [0.5, 0.6) is 0 Å². The van der Waals surface area contributed by atoms with Crippen molar-refractivity contribution in [3.8, 4) is 0 Å². The Morgan fingerprint density at radius 1 is 0.818 bits per heavy atom. The van der Waals surface area contributed by atoms with Crippen molar-refractivity contribution < 1.29 is 9.90 Å². The fourth-order valence-corrected chi connectivity index (χ4v) is 3.24. The summed E-state index contributed by atoms with van der Waals surface area (Å²) in [6.45, 7) is 2.26. The third-order valence-electron chi connectivity index (χ3n) is 4.44. The molecule has 1 N–H and O–H groups in total. The summed E-state index contributed by atoms with van der Waals surface area (Å²) in [6.07, 6.45) is 18.0. The molecule has 0 bridgehead atoms. The van der Waals surface area contributed by atoms with Gasteiger partial charge in [0.05, 0.1) is 0 Å².